The molecule has 0 radical (unpaired) electrons. The molecule has 0 aliphatic carbocycles. The molecule has 17 nitrogen and oxygen atoms in total. The van der Waals surface area contributed by atoms with Crippen LogP contribution < -0.4 is 0 Å². The molecule has 19 heteroatoms. The van der Waals surface area contributed by atoms with Crippen molar-refractivity contribution in [3.63, 3.8) is 0 Å². The number of phosphoric acid groups is 2. The highest BCUT2D eigenvalue weighted by atomic mass is 31.2. The highest BCUT2D eigenvalue weighted by Gasteiger charge is 2.30. The van der Waals surface area contributed by atoms with Gasteiger partial charge in [0.2, 0.25) is 0 Å². The molecule has 0 aromatic carbocycles. The summed E-state index contributed by atoms with van der Waals surface area (Å²) in [5, 5.41) is 10.5. The number of hydrogen-bond donors (Lipinski definition) is 3. The Kier molecular flexibility index (Phi) is 60.8. The molecule has 0 saturated carbocycles. The van der Waals surface area contributed by atoms with Gasteiger partial charge in [-0.2, -0.15) is 0 Å². The molecule has 0 aliphatic heterocycles. The maximum atomic E-state index is 13.0. The van der Waals surface area contributed by atoms with Gasteiger partial charge in [-0.3, -0.25) is 37.3 Å². The van der Waals surface area contributed by atoms with Gasteiger partial charge >= 0.3 is 39.5 Å². The van der Waals surface area contributed by atoms with Crippen molar-refractivity contribution in [1.29, 1.82) is 0 Å². The fourth-order valence-electron chi connectivity index (χ4n) is 10.6. The van der Waals surface area contributed by atoms with E-state index < -0.39 is 97.5 Å². The number of carbonyl (C=O) groups is 4. The van der Waals surface area contributed by atoms with Gasteiger partial charge in [0.1, 0.15) is 19.3 Å². The Hall–Kier alpha value is -1.94. The molecule has 0 bridgehead atoms. The van der Waals surface area contributed by atoms with E-state index in [9.17, 15) is 43.2 Å². The summed E-state index contributed by atoms with van der Waals surface area (Å²) >= 11 is 0. The van der Waals surface area contributed by atoms with Crippen LogP contribution in [-0.4, -0.2) is 96.7 Å². The zero-order chi connectivity index (χ0) is 65.7. The Bertz CT molecular complexity index is 1740. The van der Waals surface area contributed by atoms with E-state index in [1.54, 1.807) is 0 Å². The van der Waals surface area contributed by atoms with Crippen LogP contribution in [0.1, 0.15) is 356 Å². The minimum atomic E-state index is -4.95. The van der Waals surface area contributed by atoms with Gasteiger partial charge in [-0.05, 0) is 37.5 Å². The maximum Gasteiger partial charge on any atom is 0.472 e. The molecule has 3 N–H and O–H groups in total. The van der Waals surface area contributed by atoms with Crippen LogP contribution in [0.5, 0.6) is 0 Å². The van der Waals surface area contributed by atoms with Crippen LogP contribution in [0.15, 0.2) is 0 Å². The van der Waals surface area contributed by atoms with E-state index in [4.69, 9.17) is 37.0 Å². The third-order valence-electron chi connectivity index (χ3n) is 16.6. The van der Waals surface area contributed by atoms with Gasteiger partial charge in [0, 0.05) is 25.7 Å². The fourth-order valence-corrected chi connectivity index (χ4v) is 12.1. The molecule has 0 saturated heterocycles. The molecule has 0 aliphatic rings. The predicted molar refractivity (Wildman–Crippen MR) is 358 cm³/mol. The largest absolute Gasteiger partial charge is 0.472 e. The van der Waals surface area contributed by atoms with E-state index in [1.165, 1.54) is 167 Å². The van der Waals surface area contributed by atoms with Crippen molar-refractivity contribution in [3.05, 3.63) is 0 Å². The number of esters is 4. The molecule has 3 unspecified atom stereocenters. The third-order valence-corrected chi connectivity index (χ3v) is 18.5. The summed E-state index contributed by atoms with van der Waals surface area (Å²) in [5.74, 6) is -0.508. The molecule has 528 valence electrons. The van der Waals surface area contributed by atoms with E-state index in [-0.39, 0.29) is 25.7 Å². The van der Waals surface area contributed by atoms with Gasteiger partial charge < -0.3 is 33.8 Å². The number of carbonyl (C=O) groups excluding carboxylic acids is 4. The molecule has 0 aromatic rings. The molecule has 0 amide bonds. The normalized spacial score (nSPS) is 14.4. The summed E-state index contributed by atoms with van der Waals surface area (Å²) in [6.45, 7) is 9.50. The molecule has 6 atom stereocenters. The molecular formula is C70H136O17P2. The van der Waals surface area contributed by atoms with E-state index >= 15 is 0 Å². The average molecular weight is 1310 g/mol. The second-order valence-electron chi connectivity index (χ2n) is 26.0. The SMILES string of the molecule is CCCCCCCCCCCC(=O)O[C@H](COC(=O)CCCCCCC)COP(=O)(O)OC[C@H](O)COP(=O)(O)OC[C@@H](COC(=O)CCCCCCCCCCCCC(C)CC)OC(=O)CCCCCCCCCCCCCCCCCCCCC(C)C. The van der Waals surface area contributed by atoms with Crippen LogP contribution in [0, 0.1) is 11.8 Å². The number of aliphatic hydroxyl groups is 1. The lowest BCUT2D eigenvalue weighted by Crippen LogP contribution is -2.30. The monoisotopic (exact) mass is 1310 g/mol. The standard InChI is InChI=1S/C70H136O17P2/c1-7-10-12-14-15-28-36-42-48-54-69(74)86-65(58-80-67(72)52-46-38-13-11-8-2)60-84-88(76,77)82-56-64(71)57-83-89(78,79)85-61-66(59-81-68(73)53-47-41-35-31-27-26-30-34-40-45-51-63(6)9-3)87-70(75)55-49-43-37-32-25-23-21-19-17-16-18-20-22-24-29-33-39-44-50-62(4)5/h62-66,71H,7-61H2,1-6H3,(H,76,77)(H,78,79)/t63?,64-,65+,66+/m0/s1. The average Bonchev–Trinajstić information content (AvgIpc) is 3.57. The summed E-state index contributed by atoms with van der Waals surface area (Å²) in [6.07, 6.45) is 47.6. The highest BCUT2D eigenvalue weighted by Crippen LogP contribution is 2.45. The van der Waals surface area contributed by atoms with Gasteiger partial charge in [-0.25, -0.2) is 9.13 Å². The summed E-state index contributed by atoms with van der Waals surface area (Å²) in [6, 6.07) is 0. The molecule has 0 fully saturated rings. The predicted octanol–water partition coefficient (Wildman–Crippen LogP) is 20.0. The summed E-state index contributed by atoms with van der Waals surface area (Å²) in [4.78, 5) is 72.2. The number of hydrogen-bond acceptors (Lipinski definition) is 15. The zero-order valence-electron chi connectivity index (χ0n) is 57.7. The van der Waals surface area contributed by atoms with E-state index in [0.29, 0.717) is 25.7 Å². The van der Waals surface area contributed by atoms with Gasteiger partial charge in [0.05, 0.1) is 26.4 Å². The first-order chi connectivity index (χ1) is 42.9. The van der Waals surface area contributed by atoms with Crippen molar-refractivity contribution in [3.8, 4) is 0 Å². The maximum absolute atomic E-state index is 13.0. The minimum absolute atomic E-state index is 0.105. The van der Waals surface area contributed by atoms with Gasteiger partial charge in [0.25, 0.3) is 0 Å². The molecular weight excluding hydrogens is 1170 g/mol. The Labute approximate surface area is 543 Å². The Balaban J connectivity index is 5.11. The van der Waals surface area contributed by atoms with Gasteiger partial charge in [0.15, 0.2) is 12.2 Å². The smallest absolute Gasteiger partial charge is 0.462 e. The number of phosphoric ester groups is 2. The first-order valence-electron chi connectivity index (χ1n) is 36.5. The topological polar surface area (TPSA) is 237 Å². The Morgan fingerprint density at radius 3 is 0.854 bits per heavy atom. The number of unbranched alkanes of at least 4 members (excludes halogenated alkanes) is 38. The van der Waals surface area contributed by atoms with Crippen LogP contribution in [0.3, 0.4) is 0 Å². The van der Waals surface area contributed by atoms with Crippen molar-refractivity contribution in [1.82, 2.24) is 0 Å². The van der Waals surface area contributed by atoms with Crippen LogP contribution in [-0.2, 0) is 65.4 Å². The molecule has 0 heterocycles. The minimum Gasteiger partial charge on any atom is -0.462 e. The lowest BCUT2D eigenvalue weighted by atomic mass is 9.99. The zero-order valence-corrected chi connectivity index (χ0v) is 59.5. The summed E-state index contributed by atoms with van der Waals surface area (Å²) < 4.78 is 68.0. The molecule has 0 spiro atoms. The van der Waals surface area contributed by atoms with Crippen molar-refractivity contribution < 1.29 is 80.2 Å². The third kappa shape index (κ3) is 63.2. The fraction of sp³-hybridized carbons (Fsp3) is 0.943. The van der Waals surface area contributed by atoms with Gasteiger partial charge in [-0.1, -0.05) is 305 Å². The number of ether oxygens (including phenoxy) is 4. The lowest BCUT2D eigenvalue weighted by Gasteiger charge is -2.21. The highest BCUT2D eigenvalue weighted by molar-refractivity contribution is 7.47. The van der Waals surface area contributed by atoms with Crippen LogP contribution in [0.2, 0.25) is 0 Å². The molecule has 0 rings (SSSR count). The van der Waals surface area contributed by atoms with E-state index in [2.05, 4.69) is 41.5 Å². The van der Waals surface area contributed by atoms with Crippen molar-refractivity contribution >= 4 is 39.5 Å². The molecule has 0 aromatic heterocycles. The molecule has 89 heavy (non-hydrogen) atoms. The van der Waals surface area contributed by atoms with Crippen molar-refractivity contribution in [2.45, 2.75) is 374 Å². The number of rotatable bonds is 69. The Morgan fingerprint density at radius 1 is 0.326 bits per heavy atom. The van der Waals surface area contributed by atoms with Crippen LogP contribution in [0.25, 0.3) is 0 Å². The summed E-state index contributed by atoms with van der Waals surface area (Å²) in [7, 11) is -9.89. The van der Waals surface area contributed by atoms with Gasteiger partial charge in [-0.15, -0.1) is 0 Å². The lowest BCUT2D eigenvalue weighted by molar-refractivity contribution is -0.161. The van der Waals surface area contributed by atoms with E-state index in [0.717, 1.165) is 108 Å². The van der Waals surface area contributed by atoms with Crippen LogP contribution >= 0.6 is 15.6 Å². The second kappa shape index (κ2) is 62.2. The quantitative estimate of drug-likeness (QED) is 0.0222. The van der Waals surface area contributed by atoms with E-state index in [1.807, 2.05) is 0 Å². The number of aliphatic hydroxyl groups excluding tert-OH is 1. The van der Waals surface area contributed by atoms with Crippen molar-refractivity contribution in [2.75, 3.05) is 39.6 Å². The summed E-state index contributed by atoms with van der Waals surface area (Å²) in [5.41, 5.74) is 0. The Morgan fingerprint density at radius 2 is 0.573 bits per heavy atom. The second-order valence-corrected chi connectivity index (χ2v) is 28.9. The first kappa shape index (κ1) is 87.1. The van der Waals surface area contributed by atoms with Crippen LogP contribution in [0.4, 0.5) is 0 Å². The van der Waals surface area contributed by atoms with Crippen molar-refractivity contribution in [2.24, 2.45) is 11.8 Å². The first-order valence-corrected chi connectivity index (χ1v) is 39.5.